The van der Waals surface area contributed by atoms with Crippen molar-refractivity contribution in [3.8, 4) is 0 Å². The topological polar surface area (TPSA) is 17.1 Å². The summed E-state index contributed by atoms with van der Waals surface area (Å²) in [4.78, 5) is 12.2. The molecule has 1 aliphatic rings. The average Bonchev–Trinajstić information content (AvgIpc) is 2.38. The first kappa shape index (κ1) is 16.0. The lowest BCUT2D eigenvalue weighted by Crippen LogP contribution is -2.12. The van der Waals surface area contributed by atoms with Crippen LogP contribution in [0.1, 0.15) is 85.0 Å². The van der Waals surface area contributed by atoms with E-state index in [1.54, 1.807) is 6.92 Å². The van der Waals surface area contributed by atoms with E-state index in [0.717, 1.165) is 18.4 Å². The molecule has 1 aromatic carbocycles. The van der Waals surface area contributed by atoms with Crippen molar-refractivity contribution in [2.75, 3.05) is 0 Å². The largest absolute Gasteiger partial charge is 0.294 e. The van der Waals surface area contributed by atoms with Crippen LogP contribution in [0.3, 0.4) is 0 Å². The van der Waals surface area contributed by atoms with Gasteiger partial charge in [0, 0.05) is 11.5 Å². The van der Waals surface area contributed by atoms with Crippen molar-refractivity contribution in [3.05, 3.63) is 45.5 Å². The fourth-order valence-corrected chi connectivity index (χ4v) is 3.95. The number of rotatable bonds is 4. The first-order chi connectivity index (χ1) is 9.95. The predicted octanol–water partition coefficient (Wildman–Crippen LogP) is 5.67. The van der Waals surface area contributed by atoms with Gasteiger partial charge in [0.1, 0.15) is 0 Å². The fraction of sp³-hybridized carbons (Fsp3) is 0.550. The molecule has 1 nitrogen and oxygen atoms in total. The Labute approximate surface area is 129 Å². The molecule has 0 aromatic heterocycles. The zero-order valence-corrected chi connectivity index (χ0v) is 14.2. The van der Waals surface area contributed by atoms with Crippen LogP contribution in [0.25, 0.3) is 0 Å². The Morgan fingerprint density at radius 1 is 1.29 bits per heavy atom. The highest BCUT2D eigenvalue weighted by Gasteiger charge is 2.22. The molecule has 0 fully saturated rings. The van der Waals surface area contributed by atoms with Gasteiger partial charge in [-0.15, -0.1) is 0 Å². The lowest BCUT2D eigenvalue weighted by atomic mass is 9.79. The van der Waals surface area contributed by atoms with Gasteiger partial charge in [0.15, 0.2) is 5.78 Å². The number of benzene rings is 1. The van der Waals surface area contributed by atoms with E-state index in [1.165, 1.54) is 47.1 Å². The molecular formula is C20H28O. The van der Waals surface area contributed by atoms with Crippen molar-refractivity contribution < 1.29 is 4.79 Å². The van der Waals surface area contributed by atoms with Gasteiger partial charge in [-0.1, -0.05) is 31.1 Å². The summed E-state index contributed by atoms with van der Waals surface area (Å²) in [5.41, 5.74) is 7.69. The maximum Gasteiger partial charge on any atom is 0.160 e. The van der Waals surface area contributed by atoms with Gasteiger partial charge in [-0.3, -0.25) is 4.79 Å². The zero-order chi connectivity index (χ0) is 15.6. The van der Waals surface area contributed by atoms with E-state index in [2.05, 4.69) is 39.8 Å². The molecule has 0 N–H and O–H groups in total. The lowest BCUT2D eigenvalue weighted by Gasteiger charge is -2.26. The molecule has 1 aliphatic carbocycles. The van der Waals surface area contributed by atoms with E-state index in [9.17, 15) is 4.79 Å². The Morgan fingerprint density at radius 3 is 2.57 bits per heavy atom. The smallest absolute Gasteiger partial charge is 0.160 e. The fourth-order valence-electron chi connectivity index (χ4n) is 3.95. The number of carbonyl (C=O) groups excluding carboxylic acids is 1. The summed E-state index contributed by atoms with van der Waals surface area (Å²) in [6.45, 7) is 10.5. The molecule has 21 heavy (non-hydrogen) atoms. The quantitative estimate of drug-likeness (QED) is 0.514. The van der Waals surface area contributed by atoms with Crippen LogP contribution in [-0.2, 0) is 6.42 Å². The van der Waals surface area contributed by atoms with Crippen LogP contribution >= 0.6 is 0 Å². The highest BCUT2D eigenvalue weighted by molar-refractivity contribution is 5.97. The Bertz CT molecular complexity index is 578. The second-order valence-corrected chi connectivity index (χ2v) is 6.58. The van der Waals surface area contributed by atoms with E-state index < -0.39 is 0 Å². The number of hydrogen-bond acceptors (Lipinski definition) is 1. The van der Waals surface area contributed by atoms with E-state index in [4.69, 9.17) is 0 Å². The highest BCUT2D eigenvalue weighted by atomic mass is 16.1. The van der Waals surface area contributed by atoms with Crippen LogP contribution in [0.2, 0.25) is 0 Å². The second-order valence-electron chi connectivity index (χ2n) is 6.58. The minimum Gasteiger partial charge on any atom is -0.294 e. The third-order valence-electron chi connectivity index (χ3n) is 4.73. The molecule has 0 heterocycles. The van der Waals surface area contributed by atoms with E-state index in [0.29, 0.717) is 5.92 Å². The molecule has 0 spiro atoms. The third kappa shape index (κ3) is 3.28. The monoisotopic (exact) mass is 284 g/mol. The van der Waals surface area contributed by atoms with Crippen molar-refractivity contribution >= 4 is 5.78 Å². The summed E-state index contributed by atoms with van der Waals surface area (Å²) in [7, 11) is 0. The molecule has 0 amide bonds. The number of Topliss-reactive ketones (excluding diaryl/α,β-unsaturated/α-hetero) is 1. The van der Waals surface area contributed by atoms with E-state index in [-0.39, 0.29) is 5.78 Å². The van der Waals surface area contributed by atoms with Gasteiger partial charge in [0.05, 0.1) is 0 Å². The maximum absolute atomic E-state index is 12.2. The lowest BCUT2D eigenvalue weighted by molar-refractivity contribution is 0.101. The Balaban J connectivity index is 2.59. The van der Waals surface area contributed by atoms with Gasteiger partial charge in [-0.2, -0.15) is 0 Å². The molecule has 1 atom stereocenters. The molecule has 0 saturated carbocycles. The average molecular weight is 284 g/mol. The summed E-state index contributed by atoms with van der Waals surface area (Å²) in [6.07, 6.45) is 8.20. The number of allylic oxidation sites excluding steroid dienone is 2. The SMILES string of the molecule is CCCc1cc(C)c(C2C=C(C)CCC2)c(C)c1C(C)=O. The van der Waals surface area contributed by atoms with E-state index in [1.807, 2.05) is 0 Å². The Hall–Kier alpha value is -1.37. The van der Waals surface area contributed by atoms with Crippen molar-refractivity contribution in [1.29, 1.82) is 0 Å². The molecular weight excluding hydrogens is 256 g/mol. The molecule has 0 radical (unpaired) electrons. The van der Waals surface area contributed by atoms with Gasteiger partial charge < -0.3 is 0 Å². The minimum absolute atomic E-state index is 0.216. The molecule has 1 aromatic rings. The molecule has 2 rings (SSSR count). The molecule has 0 aliphatic heterocycles. The molecule has 114 valence electrons. The number of ketones is 1. The van der Waals surface area contributed by atoms with Crippen molar-refractivity contribution in [1.82, 2.24) is 0 Å². The van der Waals surface area contributed by atoms with E-state index >= 15 is 0 Å². The second kappa shape index (κ2) is 6.60. The number of aryl methyl sites for hydroxylation is 2. The van der Waals surface area contributed by atoms with Crippen LogP contribution in [-0.4, -0.2) is 5.78 Å². The van der Waals surface area contributed by atoms with Gasteiger partial charge in [-0.05, 0) is 75.6 Å². The van der Waals surface area contributed by atoms with Crippen LogP contribution in [0.4, 0.5) is 0 Å². The molecule has 0 saturated heterocycles. The maximum atomic E-state index is 12.2. The molecule has 0 bridgehead atoms. The normalized spacial score (nSPS) is 18.5. The predicted molar refractivity (Wildman–Crippen MR) is 90.3 cm³/mol. The third-order valence-corrected chi connectivity index (χ3v) is 4.73. The van der Waals surface area contributed by atoms with Crippen LogP contribution < -0.4 is 0 Å². The first-order valence-corrected chi connectivity index (χ1v) is 8.26. The van der Waals surface area contributed by atoms with Crippen molar-refractivity contribution in [2.24, 2.45) is 0 Å². The van der Waals surface area contributed by atoms with Gasteiger partial charge in [0.2, 0.25) is 0 Å². The summed E-state index contributed by atoms with van der Waals surface area (Å²) >= 11 is 0. The molecule has 1 unspecified atom stereocenters. The van der Waals surface area contributed by atoms with Crippen LogP contribution in [0.5, 0.6) is 0 Å². The minimum atomic E-state index is 0.216. The highest BCUT2D eigenvalue weighted by Crippen LogP contribution is 2.37. The van der Waals surface area contributed by atoms with Crippen LogP contribution in [0, 0.1) is 13.8 Å². The zero-order valence-electron chi connectivity index (χ0n) is 14.2. The summed E-state index contributed by atoms with van der Waals surface area (Å²) in [5.74, 6) is 0.709. The first-order valence-electron chi connectivity index (χ1n) is 8.26. The Kier molecular flexibility index (Phi) is 5.03. The molecule has 1 heteroatoms. The summed E-state index contributed by atoms with van der Waals surface area (Å²) in [5, 5.41) is 0. The Morgan fingerprint density at radius 2 is 2.00 bits per heavy atom. The van der Waals surface area contributed by atoms with Gasteiger partial charge in [-0.25, -0.2) is 0 Å². The van der Waals surface area contributed by atoms with Gasteiger partial charge >= 0.3 is 0 Å². The van der Waals surface area contributed by atoms with Crippen molar-refractivity contribution in [3.63, 3.8) is 0 Å². The standard InChI is InChI=1S/C20H28O/c1-6-8-17-12-14(3)19(15(4)20(17)16(5)21)18-10-7-9-13(2)11-18/h11-12,18H,6-10H2,1-5H3. The van der Waals surface area contributed by atoms with Crippen molar-refractivity contribution in [2.45, 2.75) is 72.6 Å². The summed E-state index contributed by atoms with van der Waals surface area (Å²) < 4.78 is 0. The number of carbonyl (C=O) groups is 1. The number of hydrogen-bond donors (Lipinski definition) is 0. The van der Waals surface area contributed by atoms with Gasteiger partial charge in [0.25, 0.3) is 0 Å². The summed E-state index contributed by atoms with van der Waals surface area (Å²) in [6, 6.07) is 2.26. The van der Waals surface area contributed by atoms with Crippen LogP contribution in [0.15, 0.2) is 17.7 Å².